The van der Waals surface area contributed by atoms with Crippen LogP contribution in [0.1, 0.15) is 18.4 Å². The number of benzene rings is 1. The Labute approximate surface area is 302 Å². The fourth-order valence-electron chi connectivity index (χ4n) is 6.14. The lowest BCUT2D eigenvalue weighted by atomic mass is 10.0. The summed E-state index contributed by atoms with van der Waals surface area (Å²) in [6.45, 7) is 0.502. The van der Waals surface area contributed by atoms with Gasteiger partial charge >= 0.3 is 35.8 Å². The summed E-state index contributed by atoms with van der Waals surface area (Å²) in [6.07, 6.45) is 1.71. The lowest BCUT2D eigenvalue weighted by molar-refractivity contribution is -0.144. The van der Waals surface area contributed by atoms with Crippen LogP contribution in [0, 0.1) is 0 Å². The number of carboxylic acid groups (broad SMARTS) is 6. The molecule has 1 atom stereocenters. The van der Waals surface area contributed by atoms with E-state index < -0.39 is 68.0 Å². The van der Waals surface area contributed by atoms with E-state index in [-0.39, 0.29) is 58.9 Å². The molecule has 1 heterocycles. The normalized spacial score (nSPS) is 16.6. The summed E-state index contributed by atoms with van der Waals surface area (Å²) in [4.78, 5) is 79.9. The van der Waals surface area contributed by atoms with Gasteiger partial charge in [0.2, 0.25) is 0 Å². The van der Waals surface area contributed by atoms with E-state index in [9.17, 15) is 59.4 Å². The minimum atomic E-state index is -1.18. The first-order valence-electron chi connectivity index (χ1n) is 17.1. The molecule has 0 spiro atoms. The van der Waals surface area contributed by atoms with Gasteiger partial charge in [0.05, 0.1) is 39.3 Å². The summed E-state index contributed by atoms with van der Waals surface area (Å²) in [5, 5.41) is 57.1. The maximum absolute atomic E-state index is 11.8. The van der Waals surface area contributed by atoms with E-state index in [0.717, 1.165) is 5.56 Å². The molecule has 292 valence electrons. The molecule has 1 aliphatic rings. The van der Waals surface area contributed by atoms with E-state index in [2.05, 4.69) is 0 Å². The predicted molar refractivity (Wildman–Crippen MR) is 187 cm³/mol. The Morgan fingerprint density at radius 2 is 1.02 bits per heavy atom. The highest BCUT2D eigenvalue weighted by Crippen LogP contribution is 2.15. The van der Waals surface area contributed by atoms with E-state index in [1.54, 1.807) is 21.9 Å². The third kappa shape index (κ3) is 19.3. The second kappa shape index (κ2) is 23.2. The zero-order valence-corrected chi connectivity index (χ0v) is 29.4. The predicted octanol–water partition coefficient (Wildman–Crippen LogP) is -1.71. The molecule has 1 unspecified atom stereocenters. The van der Waals surface area contributed by atoms with Gasteiger partial charge in [-0.15, -0.1) is 0 Å². The molecule has 1 saturated heterocycles. The number of aliphatic carboxylic acids is 6. The molecular weight excluding hydrogens is 686 g/mol. The quantitative estimate of drug-likeness (QED) is 0.0653. The standard InChI is InChI=1S/C33H53N7O12/c34-26-6-4-25(5-7-26)2-1-3-27(40(23-32(49)50)24-33(51)52)18-36-13-15-37(19-28(41)42)11-8-35(9-12-38(16-14-36)20-29(43)44)10-17-39(21-30(45)46)22-31(47)48/h4-7,27H,1-3,8-24,34H2,(H,41,42)(H,43,44)(H,45,46)(H,47,48)(H,49,50)(H,51,52). The smallest absolute Gasteiger partial charge is 0.317 e. The Balaban J connectivity index is 2.31. The van der Waals surface area contributed by atoms with Crippen LogP contribution in [0.4, 0.5) is 5.69 Å². The van der Waals surface area contributed by atoms with Crippen molar-refractivity contribution in [3.8, 4) is 0 Å². The van der Waals surface area contributed by atoms with E-state index in [1.165, 1.54) is 9.80 Å². The summed E-state index contributed by atoms with van der Waals surface area (Å²) in [7, 11) is 0. The van der Waals surface area contributed by atoms with Gasteiger partial charge in [0.1, 0.15) is 0 Å². The third-order valence-electron chi connectivity index (χ3n) is 8.74. The number of carboxylic acids is 6. The molecule has 1 aromatic rings. The largest absolute Gasteiger partial charge is 0.480 e. The van der Waals surface area contributed by atoms with E-state index in [0.29, 0.717) is 51.1 Å². The summed E-state index contributed by atoms with van der Waals surface area (Å²) < 4.78 is 0. The van der Waals surface area contributed by atoms with Gasteiger partial charge in [-0.2, -0.15) is 0 Å². The minimum absolute atomic E-state index is 0.104. The number of hydrogen-bond donors (Lipinski definition) is 7. The molecule has 1 aromatic carbocycles. The Hall–Kier alpha value is -4.40. The highest BCUT2D eigenvalue weighted by Gasteiger charge is 2.27. The van der Waals surface area contributed by atoms with Crippen LogP contribution in [-0.2, 0) is 35.2 Å². The Morgan fingerprint density at radius 1 is 0.596 bits per heavy atom. The number of nitrogens with zero attached hydrogens (tertiary/aromatic N) is 6. The summed E-state index contributed by atoms with van der Waals surface area (Å²) >= 11 is 0. The van der Waals surface area contributed by atoms with E-state index in [1.807, 2.05) is 21.9 Å². The molecule has 1 aliphatic heterocycles. The van der Waals surface area contributed by atoms with Crippen LogP contribution in [0.2, 0.25) is 0 Å². The molecule has 8 N–H and O–H groups in total. The average Bonchev–Trinajstić information content (AvgIpc) is 3.02. The van der Waals surface area contributed by atoms with Crippen LogP contribution in [0.15, 0.2) is 24.3 Å². The van der Waals surface area contributed by atoms with Gasteiger partial charge in [0.15, 0.2) is 0 Å². The maximum atomic E-state index is 11.8. The fourth-order valence-corrected chi connectivity index (χ4v) is 6.14. The number of nitrogen functional groups attached to an aromatic ring is 1. The fraction of sp³-hybridized carbons (Fsp3) is 0.636. The number of rotatable bonds is 22. The van der Waals surface area contributed by atoms with Crippen molar-refractivity contribution in [1.82, 2.24) is 29.4 Å². The molecular formula is C33H53N7O12. The van der Waals surface area contributed by atoms with Crippen molar-refractivity contribution in [1.29, 1.82) is 0 Å². The number of carbonyl (C=O) groups is 6. The van der Waals surface area contributed by atoms with Crippen LogP contribution in [0.3, 0.4) is 0 Å². The highest BCUT2D eigenvalue weighted by atomic mass is 16.4. The van der Waals surface area contributed by atoms with Gasteiger partial charge in [0, 0.05) is 83.7 Å². The van der Waals surface area contributed by atoms with E-state index >= 15 is 0 Å². The molecule has 19 heteroatoms. The second-order valence-corrected chi connectivity index (χ2v) is 13.0. The summed E-state index contributed by atoms with van der Waals surface area (Å²) in [6, 6.07) is 6.84. The van der Waals surface area contributed by atoms with Crippen LogP contribution in [-0.4, -0.2) is 213 Å². The Bertz CT molecular complexity index is 1250. The minimum Gasteiger partial charge on any atom is -0.480 e. The first-order valence-corrected chi connectivity index (χ1v) is 17.1. The number of aryl methyl sites for hydroxylation is 1. The SMILES string of the molecule is Nc1ccc(CCCC(CN2CCN(CC(=O)O)CCN(CCN(CC(=O)O)CC(=O)O)CCN(CC(=O)O)CC2)N(CC(=O)O)CC(=O)O)cc1. The third-order valence-corrected chi connectivity index (χ3v) is 8.74. The molecule has 0 amide bonds. The molecule has 19 nitrogen and oxygen atoms in total. The molecule has 0 radical (unpaired) electrons. The lowest BCUT2D eigenvalue weighted by Gasteiger charge is -2.37. The van der Waals surface area contributed by atoms with Crippen LogP contribution in [0.25, 0.3) is 0 Å². The zero-order chi connectivity index (χ0) is 38.6. The van der Waals surface area contributed by atoms with Crippen LogP contribution >= 0.6 is 0 Å². The summed E-state index contributed by atoms with van der Waals surface area (Å²) in [5.41, 5.74) is 7.43. The molecule has 2 rings (SSSR count). The number of nitrogens with two attached hydrogens (primary N) is 1. The van der Waals surface area contributed by atoms with Crippen LogP contribution < -0.4 is 5.73 Å². The molecule has 52 heavy (non-hydrogen) atoms. The molecule has 0 bridgehead atoms. The average molecular weight is 740 g/mol. The van der Waals surface area contributed by atoms with Gasteiger partial charge in [-0.1, -0.05) is 12.1 Å². The summed E-state index contributed by atoms with van der Waals surface area (Å²) in [5.74, 6) is -6.84. The van der Waals surface area contributed by atoms with Crippen molar-refractivity contribution >= 4 is 41.5 Å². The number of anilines is 1. The highest BCUT2D eigenvalue weighted by molar-refractivity contribution is 5.73. The van der Waals surface area contributed by atoms with Gasteiger partial charge in [-0.25, -0.2) is 0 Å². The van der Waals surface area contributed by atoms with Crippen molar-refractivity contribution in [3.05, 3.63) is 29.8 Å². The topological polar surface area (TPSA) is 269 Å². The first kappa shape index (κ1) is 43.8. The molecule has 1 fully saturated rings. The van der Waals surface area contributed by atoms with Crippen molar-refractivity contribution in [3.63, 3.8) is 0 Å². The van der Waals surface area contributed by atoms with Crippen molar-refractivity contribution in [2.75, 3.05) is 117 Å². The van der Waals surface area contributed by atoms with Crippen molar-refractivity contribution < 1.29 is 59.4 Å². The zero-order valence-electron chi connectivity index (χ0n) is 29.4. The lowest BCUT2D eigenvalue weighted by Crippen LogP contribution is -2.52. The molecule has 0 aliphatic carbocycles. The Kier molecular flexibility index (Phi) is 19.5. The Morgan fingerprint density at radius 3 is 1.44 bits per heavy atom. The van der Waals surface area contributed by atoms with Gasteiger partial charge < -0.3 is 36.4 Å². The van der Waals surface area contributed by atoms with Crippen molar-refractivity contribution in [2.45, 2.75) is 25.3 Å². The first-order chi connectivity index (χ1) is 24.6. The van der Waals surface area contributed by atoms with E-state index in [4.69, 9.17) is 5.73 Å². The molecule has 0 aromatic heterocycles. The van der Waals surface area contributed by atoms with Gasteiger partial charge in [0.25, 0.3) is 0 Å². The van der Waals surface area contributed by atoms with Gasteiger partial charge in [-0.05, 0) is 37.0 Å². The number of hydrogen-bond acceptors (Lipinski definition) is 13. The monoisotopic (exact) mass is 739 g/mol. The second-order valence-electron chi connectivity index (χ2n) is 13.0. The van der Waals surface area contributed by atoms with Gasteiger partial charge in [-0.3, -0.25) is 58.2 Å². The van der Waals surface area contributed by atoms with Crippen molar-refractivity contribution in [2.24, 2.45) is 0 Å². The maximum Gasteiger partial charge on any atom is 0.317 e. The van der Waals surface area contributed by atoms with Crippen LogP contribution in [0.5, 0.6) is 0 Å². The molecule has 0 saturated carbocycles.